The van der Waals surface area contributed by atoms with Crippen LogP contribution in [-0.2, 0) is 4.79 Å². The molecule has 1 amide bonds. The number of likely N-dealkylation sites (N-methyl/N-ethyl adjacent to an activating group) is 1. The first-order valence-corrected chi connectivity index (χ1v) is 6.57. The molecule has 1 fully saturated rings. The highest BCUT2D eigenvalue weighted by molar-refractivity contribution is 5.82. The summed E-state index contributed by atoms with van der Waals surface area (Å²) >= 11 is 0. The van der Waals surface area contributed by atoms with E-state index in [1.165, 1.54) is 0 Å². The molecule has 17 heavy (non-hydrogen) atoms. The molecule has 0 aromatic carbocycles. The van der Waals surface area contributed by atoms with Crippen LogP contribution in [0.2, 0.25) is 0 Å². The fraction of sp³-hybridized carbons (Fsp3) is 0.929. The highest BCUT2D eigenvalue weighted by atomic mass is 16.2. The maximum Gasteiger partial charge on any atom is 0.240 e. The molecule has 3 nitrogen and oxygen atoms in total. The zero-order valence-electron chi connectivity index (χ0n) is 12.5. The first kappa shape index (κ1) is 14.5. The van der Waals surface area contributed by atoms with Crippen LogP contribution in [0.5, 0.6) is 0 Å². The van der Waals surface area contributed by atoms with Crippen LogP contribution in [0, 0.1) is 5.41 Å². The largest absolute Gasteiger partial charge is 0.344 e. The molecular weight excluding hydrogens is 212 g/mol. The van der Waals surface area contributed by atoms with Crippen molar-refractivity contribution in [3.05, 3.63) is 0 Å². The number of nitrogens with zero attached hydrogens (tertiary/aromatic N) is 2. The van der Waals surface area contributed by atoms with Crippen LogP contribution < -0.4 is 0 Å². The normalized spacial score (nSPS) is 25.0. The Morgan fingerprint density at radius 3 is 2.00 bits per heavy atom. The second kappa shape index (κ2) is 4.60. The van der Waals surface area contributed by atoms with Crippen molar-refractivity contribution >= 4 is 5.91 Å². The van der Waals surface area contributed by atoms with E-state index in [1.54, 1.807) is 0 Å². The molecule has 1 heterocycles. The number of carbonyl (C=O) groups excluding carboxylic acids is 1. The van der Waals surface area contributed by atoms with Crippen LogP contribution in [0.3, 0.4) is 0 Å². The summed E-state index contributed by atoms with van der Waals surface area (Å²) in [4.78, 5) is 16.8. The Labute approximate surface area is 106 Å². The summed E-state index contributed by atoms with van der Waals surface area (Å²) in [6.07, 6.45) is 1.06. The van der Waals surface area contributed by atoms with E-state index >= 15 is 0 Å². The standard InChI is InChI=1S/C14H28N2O/c1-13(2,3)11-12(17)15(7)9-8-10-16(11)14(4,5)6/h11H,8-10H2,1-7H3/t11-/m0/s1. The van der Waals surface area contributed by atoms with Crippen molar-refractivity contribution < 1.29 is 4.79 Å². The van der Waals surface area contributed by atoms with Gasteiger partial charge in [0.1, 0.15) is 0 Å². The van der Waals surface area contributed by atoms with E-state index in [2.05, 4.69) is 46.4 Å². The molecule has 3 heteroatoms. The van der Waals surface area contributed by atoms with Crippen molar-refractivity contribution in [2.45, 2.75) is 59.5 Å². The van der Waals surface area contributed by atoms with Gasteiger partial charge in [0, 0.05) is 25.7 Å². The van der Waals surface area contributed by atoms with E-state index in [4.69, 9.17) is 0 Å². The topological polar surface area (TPSA) is 23.6 Å². The molecule has 0 unspecified atom stereocenters. The Morgan fingerprint density at radius 1 is 1.06 bits per heavy atom. The lowest BCUT2D eigenvalue weighted by molar-refractivity contribution is -0.140. The van der Waals surface area contributed by atoms with Crippen molar-refractivity contribution in [1.82, 2.24) is 9.80 Å². The van der Waals surface area contributed by atoms with Gasteiger partial charge in [0.05, 0.1) is 6.04 Å². The Balaban J connectivity index is 3.13. The Hall–Kier alpha value is -0.570. The maximum absolute atomic E-state index is 12.5. The molecule has 1 saturated heterocycles. The molecule has 0 spiro atoms. The van der Waals surface area contributed by atoms with E-state index < -0.39 is 0 Å². The van der Waals surface area contributed by atoms with Crippen LogP contribution in [0.15, 0.2) is 0 Å². The molecule has 1 atom stereocenters. The van der Waals surface area contributed by atoms with Gasteiger partial charge < -0.3 is 4.90 Å². The first-order chi connectivity index (χ1) is 7.55. The minimum Gasteiger partial charge on any atom is -0.344 e. The lowest BCUT2D eigenvalue weighted by atomic mass is 9.82. The van der Waals surface area contributed by atoms with Crippen LogP contribution in [0.4, 0.5) is 0 Å². The summed E-state index contributed by atoms with van der Waals surface area (Å²) in [5, 5.41) is 0. The average Bonchev–Trinajstić information content (AvgIpc) is 2.24. The van der Waals surface area contributed by atoms with Crippen LogP contribution in [0.25, 0.3) is 0 Å². The summed E-state index contributed by atoms with van der Waals surface area (Å²) in [6.45, 7) is 15.0. The number of hydrogen-bond acceptors (Lipinski definition) is 2. The summed E-state index contributed by atoms with van der Waals surface area (Å²) < 4.78 is 0. The third kappa shape index (κ3) is 3.21. The minimum atomic E-state index is -0.0248. The highest BCUT2D eigenvalue weighted by Gasteiger charge is 2.43. The van der Waals surface area contributed by atoms with Crippen LogP contribution in [0.1, 0.15) is 48.0 Å². The van der Waals surface area contributed by atoms with Gasteiger partial charge in [-0.3, -0.25) is 9.69 Å². The molecule has 1 aliphatic rings. The second-order valence-electron chi connectivity index (χ2n) is 7.25. The predicted molar refractivity (Wildman–Crippen MR) is 72.0 cm³/mol. The van der Waals surface area contributed by atoms with Crippen molar-refractivity contribution in [3.63, 3.8) is 0 Å². The number of amides is 1. The summed E-state index contributed by atoms with van der Waals surface area (Å²) in [5.74, 6) is 0.268. The molecule has 1 rings (SSSR count). The highest BCUT2D eigenvalue weighted by Crippen LogP contribution is 2.32. The Kier molecular flexibility index (Phi) is 3.92. The van der Waals surface area contributed by atoms with Gasteiger partial charge in [0.2, 0.25) is 5.91 Å². The summed E-state index contributed by atoms with van der Waals surface area (Å²) in [7, 11) is 1.92. The quantitative estimate of drug-likeness (QED) is 0.649. The third-order valence-electron chi connectivity index (χ3n) is 3.50. The lowest BCUT2D eigenvalue weighted by Gasteiger charge is -2.45. The van der Waals surface area contributed by atoms with Gasteiger partial charge >= 0.3 is 0 Å². The molecule has 0 N–H and O–H groups in total. The van der Waals surface area contributed by atoms with Crippen LogP contribution >= 0.6 is 0 Å². The van der Waals surface area contributed by atoms with Crippen LogP contribution in [-0.4, -0.2) is 47.4 Å². The molecule has 0 saturated carbocycles. The Morgan fingerprint density at radius 2 is 1.59 bits per heavy atom. The van der Waals surface area contributed by atoms with E-state index in [9.17, 15) is 4.79 Å². The fourth-order valence-corrected chi connectivity index (χ4v) is 2.62. The van der Waals surface area contributed by atoms with E-state index in [0.29, 0.717) is 0 Å². The van der Waals surface area contributed by atoms with Gasteiger partial charge in [-0.05, 0) is 32.6 Å². The van der Waals surface area contributed by atoms with E-state index in [-0.39, 0.29) is 22.9 Å². The van der Waals surface area contributed by atoms with Gasteiger partial charge in [-0.1, -0.05) is 20.8 Å². The average molecular weight is 240 g/mol. The molecule has 0 aromatic heterocycles. The molecule has 0 radical (unpaired) electrons. The zero-order valence-corrected chi connectivity index (χ0v) is 12.5. The summed E-state index contributed by atoms with van der Waals surface area (Å²) in [5.41, 5.74) is 0.0156. The molecule has 0 aliphatic carbocycles. The lowest BCUT2D eigenvalue weighted by Crippen LogP contribution is -2.58. The maximum atomic E-state index is 12.5. The second-order valence-corrected chi connectivity index (χ2v) is 7.25. The Bertz CT molecular complexity index is 286. The molecule has 1 aliphatic heterocycles. The van der Waals surface area contributed by atoms with E-state index in [1.807, 2.05) is 11.9 Å². The number of hydrogen-bond donors (Lipinski definition) is 0. The minimum absolute atomic E-state index is 0.0185. The van der Waals surface area contributed by atoms with Crippen molar-refractivity contribution in [1.29, 1.82) is 0 Å². The first-order valence-electron chi connectivity index (χ1n) is 6.57. The predicted octanol–water partition coefficient (Wildman–Crippen LogP) is 2.36. The van der Waals surface area contributed by atoms with Gasteiger partial charge in [0.15, 0.2) is 0 Å². The van der Waals surface area contributed by atoms with Gasteiger partial charge in [-0.25, -0.2) is 0 Å². The van der Waals surface area contributed by atoms with E-state index in [0.717, 1.165) is 19.5 Å². The van der Waals surface area contributed by atoms with Gasteiger partial charge in [0.25, 0.3) is 0 Å². The van der Waals surface area contributed by atoms with Crippen molar-refractivity contribution in [2.24, 2.45) is 5.41 Å². The zero-order chi connectivity index (χ0) is 13.4. The van der Waals surface area contributed by atoms with Gasteiger partial charge in [-0.15, -0.1) is 0 Å². The molecule has 0 aromatic rings. The molecule has 100 valence electrons. The SMILES string of the molecule is CN1CCCN(C(C)(C)C)[C@H](C(C)(C)C)C1=O. The summed E-state index contributed by atoms with van der Waals surface area (Å²) in [6, 6.07) is -0.0185. The smallest absolute Gasteiger partial charge is 0.240 e. The number of carbonyl (C=O) groups is 1. The van der Waals surface area contributed by atoms with Crippen molar-refractivity contribution in [2.75, 3.05) is 20.1 Å². The molecule has 0 bridgehead atoms. The van der Waals surface area contributed by atoms with Gasteiger partial charge in [-0.2, -0.15) is 0 Å². The molecular formula is C14H28N2O. The monoisotopic (exact) mass is 240 g/mol. The van der Waals surface area contributed by atoms with Crippen molar-refractivity contribution in [3.8, 4) is 0 Å². The fourth-order valence-electron chi connectivity index (χ4n) is 2.62. The third-order valence-corrected chi connectivity index (χ3v) is 3.50. The number of rotatable bonds is 0.